The summed E-state index contributed by atoms with van der Waals surface area (Å²) in [7, 11) is 0. The molecule has 0 saturated carbocycles. The average Bonchev–Trinajstić information content (AvgIpc) is 3.35. The van der Waals surface area contributed by atoms with Crippen LogP contribution in [0.25, 0.3) is 10.8 Å². The van der Waals surface area contributed by atoms with Gasteiger partial charge >= 0.3 is 0 Å². The number of anilines is 1. The number of fused-ring (bicyclic) bond motifs is 1. The number of rotatable bonds is 6. The molecule has 3 amide bonds. The van der Waals surface area contributed by atoms with Crippen molar-refractivity contribution in [2.45, 2.75) is 29.6 Å². The molecule has 1 saturated heterocycles. The van der Waals surface area contributed by atoms with Crippen molar-refractivity contribution in [3.8, 4) is 11.5 Å². The van der Waals surface area contributed by atoms with Gasteiger partial charge in [-0.25, -0.2) is 0 Å². The highest BCUT2D eigenvalue weighted by molar-refractivity contribution is 6.36. The highest BCUT2D eigenvalue weighted by atomic mass is 35.5. The third-order valence-electron chi connectivity index (χ3n) is 9.88. The number of hydrogen-bond donors (Lipinski definition) is 1. The van der Waals surface area contributed by atoms with Crippen LogP contribution in [-0.2, 0) is 24.1 Å². The fraction of sp³-hybridized carbons (Fsp3) is 0.205. The molecule has 0 radical (unpaired) electrons. The number of benzene rings is 5. The van der Waals surface area contributed by atoms with Crippen molar-refractivity contribution in [3.05, 3.63) is 138 Å². The lowest BCUT2D eigenvalue weighted by molar-refractivity contribution is -0.148. The molecule has 234 valence electrons. The van der Waals surface area contributed by atoms with Crippen molar-refractivity contribution >= 4 is 57.4 Å². The van der Waals surface area contributed by atoms with E-state index in [1.165, 1.54) is 0 Å². The maximum absolute atomic E-state index is 14.5. The number of hydrogen-bond acceptors (Lipinski definition) is 4. The number of likely N-dealkylation sites (tertiary alicyclic amines) is 1. The third-order valence-corrected chi connectivity index (χ3v) is 11.2. The summed E-state index contributed by atoms with van der Waals surface area (Å²) in [6, 6.07) is 34.8. The van der Waals surface area contributed by atoms with Crippen molar-refractivity contribution in [3.63, 3.8) is 0 Å². The topological polar surface area (TPSA) is 75.7 Å². The Balaban J connectivity index is 1.08. The number of alkyl halides is 2. The summed E-state index contributed by atoms with van der Waals surface area (Å²) >= 11 is 15.1. The van der Waals surface area contributed by atoms with Crippen LogP contribution in [0.3, 0.4) is 0 Å². The van der Waals surface area contributed by atoms with E-state index in [-0.39, 0.29) is 0 Å². The van der Waals surface area contributed by atoms with E-state index in [4.69, 9.17) is 27.9 Å². The van der Waals surface area contributed by atoms with Gasteiger partial charge in [0.2, 0.25) is 17.7 Å². The van der Waals surface area contributed by atoms with Gasteiger partial charge < -0.3 is 10.1 Å². The minimum atomic E-state index is -1.31. The lowest BCUT2D eigenvalue weighted by Crippen LogP contribution is -2.57. The molecule has 47 heavy (non-hydrogen) atoms. The van der Waals surface area contributed by atoms with Crippen LogP contribution in [-0.4, -0.2) is 28.7 Å². The van der Waals surface area contributed by atoms with Gasteiger partial charge in [0.05, 0.1) is 11.8 Å². The second-order valence-electron chi connectivity index (χ2n) is 12.8. The Bertz CT molecular complexity index is 1990. The molecule has 0 unspecified atom stereocenters. The zero-order chi connectivity index (χ0) is 32.7. The average molecular weight is 662 g/mol. The van der Waals surface area contributed by atoms with Gasteiger partial charge in [-0.05, 0) is 75.3 Å². The first-order chi connectivity index (χ1) is 22.6. The van der Waals surface area contributed by atoms with Crippen LogP contribution in [0.2, 0.25) is 0 Å². The quantitative estimate of drug-likeness (QED) is 0.147. The summed E-state index contributed by atoms with van der Waals surface area (Å²) < 4.78 is 6.06. The minimum Gasteiger partial charge on any atom is -0.457 e. The number of nitrogens with zero attached hydrogens (tertiary/aromatic N) is 1. The van der Waals surface area contributed by atoms with Crippen molar-refractivity contribution < 1.29 is 19.1 Å². The monoisotopic (exact) mass is 660 g/mol. The van der Waals surface area contributed by atoms with Gasteiger partial charge in [0.15, 0.2) is 0 Å². The standard InChI is InChI=1S/C39H30Cl2N2O4/c1-22(2)34(35(44)42-25-16-19-26(20-17-25)47-27-18-15-23-9-3-4-10-24(23)21-27)43-36(45)32-33(37(43)46)39(41)29-12-6-5-11-28(29)38(32,40)30-13-7-8-14-31(30)39/h3-22,32-34H,1-2H3,(H,42,44)/t32-,33+,34-,38?,39?/m0/s1. The predicted molar refractivity (Wildman–Crippen MR) is 183 cm³/mol. The molecule has 1 N–H and O–H groups in total. The maximum Gasteiger partial charge on any atom is 0.247 e. The van der Waals surface area contributed by atoms with E-state index in [2.05, 4.69) is 5.32 Å². The van der Waals surface area contributed by atoms with Crippen LogP contribution in [0.1, 0.15) is 36.1 Å². The summed E-state index contributed by atoms with van der Waals surface area (Å²) in [5.41, 5.74) is 3.38. The van der Waals surface area contributed by atoms with Crippen molar-refractivity contribution in [2.75, 3.05) is 5.32 Å². The van der Waals surface area contributed by atoms with Crippen LogP contribution in [0.5, 0.6) is 11.5 Å². The molecule has 8 heteroatoms. The van der Waals surface area contributed by atoms with Crippen molar-refractivity contribution in [2.24, 2.45) is 17.8 Å². The van der Waals surface area contributed by atoms with E-state index in [0.29, 0.717) is 17.2 Å². The van der Waals surface area contributed by atoms with Gasteiger partial charge in [-0.3, -0.25) is 19.3 Å². The maximum atomic E-state index is 14.5. The first-order valence-corrected chi connectivity index (χ1v) is 16.4. The van der Waals surface area contributed by atoms with E-state index in [1.807, 2.05) is 105 Å². The summed E-state index contributed by atoms with van der Waals surface area (Å²) in [4.78, 5) is 41.4. The molecule has 9 rings (SSSR count). The molecule has 3 atom stereocenters. The van der Waals surface area contributed by atoms with Crippen LogP contribution < -0.4 is 10.1 Å². The second-order valence-corrected chi connectivity index (χ2v) is 14.0. The minimum absolute atomic E-state index is 0.390. The SMILES string of the molecule is CC(C)[C@@H](C(=O)Nc1ccc(Oc2ccc3ccccc3c2)cc1)N1C(=O)[C@@H]2[C@H](C1=O)C1(Cl)c3ccccc3C2(Cl)c2ccccc21. The molecule has 0 aromatic heterocycles. The molecule has 4 aliphatic rings. The molecule has 1 heterocycles. The third kappa shape index (κ3) is 4.21. The molecular weight excluding hydrogens is 631 g/mol. The Labute approximate surface area is 282 Å². The largest absolute Gasteiger partial charge is 0.457 e. The van der Waals surface area contributed by atoms with Gasteiger partial charge in [0.1, 0.15) is 27.3 Å². The normalized spacial score (nSPS) is 24.6. The highest BCUT2D eigenvalue weighted by Gasteiger charge is 2.73. The molecule has 2 bridgehead atoms. The Morgan fingerprint density at radius 1 is 0.681 bits per heavy atom. The summed E-state index contributed by atoms with van der Waals surface area (Å²) in [5.74, 6) is -2.49. The molecular formula is C39H30Cl2N2O4. The molecule has 5 aromatic rings. The van der Waals surface area contributed by atoms with Crippen LogP contribution in [0.15, 0.2) is 115 Å². The molecule has 1 aliphatic heterocycles. The number of carbonyl (C=O) groups is 3. The van der Waals surface area contributed by atoms with Gasteiger partial charge in [-0.1, -0.05) is 92.7 Å². The fourth-order valence-electron chi connectivity index (χ4n) is 7.87. The number of ether oxygens (including phenoxy) is 1. The Morgan fingerprint density at radius 2 is 1.15 bits per heavy atom. The van der Waals surface area contributed by atoms with Crippen LogP contribution >= 0.6 is 23.2 Å². The summed E-state index contributed by atoms with van der Waals surface area (Å²) in [6.07, 6.45) is 0. The summed E-state index contributed by atoms with van der Waals surface area (Å²) in [5, 5.41) is 5.11. The smallest absolute Gasteiger partial charge is 0.247 e. The Hall–Kier alpha value is -4.65. The second kappa shape index (κ2) is 10.7. The van der Waals surface area contributed by atoms with Crippen molar-refractivity contribution in [1.82, 2.24) is 4.90 Å². The van der Waals surface area contributed by atoms with Gasteiger partial charge in [-0.15, -0.1) is 23.2 Å². The van der Waals surface area contributed by atoms with E-state index in [1.54, 1.807) is 24.3 Å². The number of imide groups is 1. The molecule has 5 aromatic carbocycles. The van der Waals surface area contributed by atoms with Crippen LogP contribution in [0.4, 0.5) is 5.69 Å². The lowest BCUT2D eigenvalue weighted by atomic mass is 9.54. The van der Waals surface area contributed by atoms with Gasteiger partial charge in [0, 0.05) is 5.69 Å². The van der Waals surface area contributed by atoms with E-state index in [9.17, 15) is 14.4 Å². The number of halogens is 2. The molecule has 0 spiro atoms. The number of carbonyl (C=O) groups excluding carboxylic acids is 3. The van der Waals surface area contributed by atoms with E-state index in [0.717, 1.165) is 37.9 Å². The number of nitrogens with one attached hydrogen (secondary N) is 1. The zero-order valence-corrected chi connectivity index (χ0v) is 27.1. The number of amides is 3. The predicted octanol–water partition coefficient (Wildman–Crippen LogP) is 8.19. The molecule has 6 nitrogen and oxygen atoms in total. The first kappa shape index (κ1) is 29.7. The molecule has 3 aliphatic carbocycles. The van der Waals surface area contributed by atoms with Gasteiger partial charge in [-0.2, -0.15) is 0 Å². The fourth-order valence-corrected chi connectivity index (χ4v) is 8.97. The highest BCUT2D eigenvalue weighted by Crippen LogP contribution is 2.69. The van der Waals surface area contributed by atoms with Crippen molar-refractivity contribution in [1.29, 1.82) is 0 Å². The van der Waals surface area contributed by atoms with Crippen LogP contribution in [0, 0.1) is 17.8 Å². The van der Waals surface area contributed by atoms with E-state index < -0.39 is 51.3 Å². The Morgan fingerprint density at radius 3 is 1.66 bits per heavy atom. The molecule has 1 fully saturated rings. The zero-order valence-electron chi connectivity index (χ0n) is 25.6. The summed E-state index contributed by atoms with van der Waals surface area (Å²) in [6.45, 7) is 3.64. The van der Waals surface area contributed by atoms with E-state index >= 15 is 0 Å². The van der Waals surface area contributed by atoms with Gasteiger partial charge in [0.25, 0.3) is 0 Å². The Kier molecular flexibility index (Phi) is 6.76. The lowest BCUT2D eigenvalue weighted by Gasteiger charge is -2.54. The first-order valence-electron chi connectivity index (χ1n) is 15.7.